The summed E-state index contributed by atoms with van der Waals surface area (Å²) in [7, 11) is 0. The normalized spacial score (nSPS) is 19.7. The quantitative estimate of drug-likeness (QED) is 0.832. The minimum absolute atomic E-state index is 0.0174. The molecule has 2 aliphatic heterocycles. The largest absolute Gasteiger partial charge is 0.364 e. The lowest BCUT2D eigenvalue weighted by molar-refractivity contribution is -0.115. The summed E-state index contributed by atoms with van der Waals surface area (Å²) in [4.78, 5) is 28.5. The average Bonchev–Trinajstić information content (AvgIpc) is 3.28. The first-order chi connectivity index (χ1) is 12.6. The maximum atomic E-state index is 12.8. The van der Waals surface area contributed by atoms with Gasteiger partial charge in [-0.1, -0.05) is 30.8 Å². The molecule has 0 saturated carbocycles. The van der Waals surface area contributed by atoms with Crippen molar-refractivity contribution in [2.75, 3.05) is 23.7 Å². The summed E-state index contributed by atoms with van der Waals surface area (Å²) in [6.45, 7) is 3.81. The number of amides is 2. The molecular weight excluding hydrogens is 366 g/mol. The van der Waals surface area contributed by atoms with Gasteiger partial charge in [-0.2, -0.15) is 0 Å². The van der Waals surface area contributed by atoms with Crippen LogP contribution >= 0.6 is 23.1 Å². The number of benzene rings is 1. The van der Waals surface area contributed by atoms with E-state index in [1.165, 1.54) is 23.1 Å². The number of rotatable bonds is 3. The van der Waals surface area contributed by atoms with Crippen LogP contribution in [0.4, 0.5) is 10.7 Å². The van der Waals surface area contributed by atoms with Gasteiger partial charge in [-0.05, 0) is 42.3 Å². The Labute approximate surface area is 161 Å². The molecule has 1 saturated heterocycles. The molecule has 1 unspecified atom stereocenters. The Kier molecular flexibility index (Phi) is 4.91. The zero-order chi connectivity index (χ0) is 18.1. The van der Waals surface area contributed by atoms with E-state index in [1.807, 2.05) is 40.6 Å². The first-order valence-electron chi connectivity index (χ1n) is 8.81. The van der Waals surface area contributed by atoms with Crippen LogP contribution in [0.5, 0.6) is 0 Å². The Morgan fingerprint density at radius 1 is 1.19 bits per heavy atom. The second-order valence-electron chi connectivity index (χ2n) is 6.77. The number of likely N-dealkylation sites (tertiary alicyclic amines) is 1. The second kappa shape index (κ2) is 7.32. The van der Waals surface area contributed by atoms with Crippen LogP contribution in [-0.2, 0) is 4.79 Å². The molecule has 4 rings (SSSR count). The molecule has 1 aromatic heterocycles. The number of hydrogen-bond acceptors (Lipinski definition) is 5. The van der Waals surface area contributed by atoms with Crippen LogP contribution in [0.1, 0.15) is 30.1 Å². The maximum Gasteiger partial charge on any atom is 0.258 e. The van der Waals surface area contributed by atoms with Crippen molar-refractivity contribution in [3.05, 3.63) is 41.3 Å². The van der Waals surface area contributed by atoms with Crippen molar-refractivity contribution in [2.24, 2.45) is 5.92 Å². The Morgan fingerprint density at radius 3 is 2.73 bits per heavy atom. The van der Waals surface area contributed by atoms with Crippen molar-refractivity contribution in [1.29, 1.82) is 0 Å². The fraction of sp³-hybridized carbons (Fsp3) is 0.368. The third-order valence-electron chi connectivity index (χ3n) is 4.86. The van der Waals surface area contributed by atoms with E-state index in [-0.39, 0.29) is 17.2 Å². The van der Waals surface area contributed by atoms with Gasteiger partial charge in [0.2, 0.25) is 0 Å². The van der Waals surface area contributed by atoms with Crippen molar-refractivity contribution >= 4 is 45.6 Å². The van der Waals surface area contributed by atoms with Crippen molar-refractivity contribution in [2.45, 2.75) is 30.0 Å². The van der Waals surface area contributed by atoms with E-state index in [2.05, 4.69) is 17.6 Å². The summed E-state index contributed by atoms with van der Waals surface area (Å²) in [6, 6.07) is 9.68. The van der Waals surface area contributed by atoms with Crippen molar-refractivity contribution in [3.63, 3.8) is 0 Å². The highest BCUT2D eigenvalue weighted by Crippen LogP contribution is 2.38. The Hall–Kier alpha value is -1.99. The summed E-state index contributed by atoms with van der Waals surface area (Å²) in [5.41, 5.74) is 1.57. The van der Waals surface area contributed by atoms with Crippen LogP contribution < -0.4 is 10.6 Å². The topological polar surface area (TPSA) is 61.4 Å². The number of carbonyl (C=O) groups is 2. The molecule has 2 amide bonds. The fourth-order valence-electron chi connectivity index (χ4n) is 3.24. The van der Waals surface area contributed by atoms with E-state index < -0.39 is 0 Å². The predicted molar refractivity (Wildman–Crippen MR) is 107 cm³/mol. The van der Waals surface area contributed by atoms with E-state index in [1.54, 1.807) is 0 Å². The molecule has 2 aromatic rings. The summed E-state index contributed by atoms with van der Waals surface area (Å²) < 4.78 is 0. The molecule has 3 heterocycles. The van der Waals surface area contributed by atoms with Gasteiger partial charge in [0.1, 0.15) is 5.00 Å². The van der Waals surface area contributed by atoms with Crippen LogP contribution in [0.25, 0.3) is 0 Å². The molecule has 2 aliphatic rings. The van der Waals surface area contributed by atoms with E-state index >= 15 is 0 Å². The highest BCUT2D eigenvalue weighted by Gasteiger charge is 2.29. The summed E-state index contributed by atoms with van der Waals surface area (Å²) in [6.07, 6.45) is 2.08. The zero-order valence-corrected chi connectivity index (χ0v) is 16.2. The van der Waals surface area contributed by atoms with Gasteiger partial charge in [-0.15, -0.1) is 11.3 Å². The van der Waals surface area contributed by atoms with Crippen molar-refractivity contribution in [1.82, 2.24) is 4.90 Å². The number of nitrogens with zero attached hydrogens (tertiary/aromatic N) is 1. The van der Waals surface area contributed by atoms with Crippen LogP contribution in [0, 0.1) is 5.92 Å². The first-order valence-corrected chi connectivity index (χ1v) is 10.6. The van der Waals surface area contributed by atoms with Gasteiger partial charge in [0.05, 0.1) is 5.56 Å². The van der Waals surface area contributed by atoms with Gasteiger partial charge in [0.15, 0.2) is 5.37 Å². The van der Waals surface area contributed by atoms with Crippen molar-refractivity contribution < 1.29 is 9.59 Å². The van der Waals surface area contributed by atoms with Crippen LogP contribution in [0.3, 0.4) is 0 Å². The number of carbonyl (C=O) groups excluding carboxylic acids is 2. The van der Waals surface area contributed by atoms with Crippen LogP contribution in [-0.4, -0.2) is 35.2 Å². The molecule has 136 valence electrons. The molecule has 5 nitrogen and oxygen atoms in total. The lowest BCUT2D eigenvalue weighted by Crippen LogP contribution is -2.38. The number of anilines is 2. The molecule has 0 radical (unpaired) electrons. The monoisotopic (exact) mass is 387 g/mol. The molecule has 1 aromatic carbocycles. The summed E-state index contributed by atoms with van der Waals surface area (Å²) in [5.74, 6) is 0.562. The minimum atomic E-state index is -0.381. The molecule has 2 N–H and O–H groups in total. The standard InChI is InChI=1S/C19H21N3O2S2/c1-12-6-9-22(10-7-12)19(24)13-8-11-25-17(13)21-16(23)18-20-14-4-2-3-5-15(14)26-18/h2-5,8,11-12,18,20H,6-7,9-10H2,1H3,(H,21,23). The fourth-order valence-corrected chi connectivity index (χ4v) is 5.04. The average molecular weight is 388 g/mol. The van der Waals surface area contributed by atoms with Gasteiger partial charge in [0.25, 0.3) is 11.8 Å². The van der Waals surface area contributed by atoms with E-state index in [0.717, 1.165) is 36.5 Å². The molecule has 1 atom stereocenters. The third-order valence-corrected chi connectivity index (χ3v) is 6.87. The molecule has 0 aliphatic carbocycles. The lowest BCUT2D eigenvalue weighted by atomic mass is 9.99. The van der Waals surface area contributed by atoms with Crippen LogP contribution in [0.15, 0.2) is 40.6 Å². The minimum Gasteiger partial charge on any atom is -0.364 e. The second-order valence-corrected chi connectivity index (χ2v) is 8.83. The smallest absolute Gasteiger partial charge is 0.258 e. The van der Waals surface area contributed by atoms with Gasteiger partial charge < -0.3 is 15.5 Å². The molecule has 0 bridgehead atoms. The maximum absolute atomic E-state index is 12.8. The lowest BCUT2D eigenvalue weighted by Gasteiger charge is -2.30. The molecule has 0 spiro atoms. The highest BCUT2D eigenvalue weighted by molar-refractivity contribution is 8.01. The van der Waals surface area contributed by atoms with E-state index in [9.17, 15) is 9.59 Å². The third kappa shape index (κ3) is 3.46. The zero-order valence-electron chi connectivity index (χ0n) is 14.5. The van der Waals surface area contributed by atoms with E-state index in [4.69, 9.17) is 0 Å². The number of hydrogen-bond donors (Lipinski definition) is 2. The number of fused-ring (bicyclic) bond motifs is 1. The number of para-hydroxylation sites is 1. The molecule has 26 heavy (non-hydrogen) atoms. The van der Waals surface area contributed by atoms with Gasteiger partial charge in [-0.25, -0.2) is 0 Å². The number of piperidine rings is 1. The van der Waals surface area contributed by atoms with Crippen LogP contribution in [0.2, 0.25) is 0 Å². The Balaban J connectivity index is 1.43. The van der Waals surface area contributed by atoms with Gasteiger partial charge in [0, 0.05) is 23.7 Å². The molecular formula is C19H21N3O2S2. The summed E-state index contributed by atoms with van der Waals surface area (Å²) >= 11 is 2.89. The SMILES string of the molecule is CC1CCN(C(=O)c2ccsc2NC(=O)C2Nc3ccccc3S2)CC1. The summed E-state index contributed by atoms with van der Waals surface area (Å²) in [5, 5.41) is 8.28. The van der Waals surface area contributed by atoms with Gasteiger partial charge in [-0.3, -0.25) is 9.59 Å². The number of nitrogens with one attached hydrogen (secondary N) is 2. The molecule has 1 fully saturated rings. The number of thioether (sulfide) groups is 1. The van der Waals surface area contributed by atoms with Gasteiger partial charge >= 0.3 is 0 Å². The van der Waals surface area contributed by atoms with E-state index in [0.29, 0.717) is 16.5 Å². The Morgan fingerprint density at radius 2 is 1.96 bits per heavy atom. The first kappa shape index (κ1) is 17.4. The predicted octanol–water partition coefficient (Wildman–Crippen LogP) is 4.10. The van der Waals surface area contributed by atoms with Crippen molar-refractivity contribution in [3.8, 4) is 0 Å². The highest BCUT2D eigenvalue weighted by atomic mass is 32.2. The number of thiophene rings is 1. The Bertz CT molecular complexity index is 803. The molecule has 7 heteroatoms.